The van der Waals surface area contributed by atoms with Crippen LogP contribution in [-0.4, -0.2) is 36.4 Å². The van der Waals surface area contributed by atoms with Crippen LogP contribution in [0.3, 0.4) is 0 Å². The number of nitrogens with zero attached hydrogens (tertiary/aromatic N) is 2. The molecule has 1 aliphatic heterocycles. The molecule has 0 bridgehead atoms. The smallest absolute Gasteiger partial charge is 0.185 e. The molecule has 0 amide bonds. The fraction of sp³-hybridized carbons (Fsp3) is 0.800. The van der Waals surface area contributed by atoms with Crippen molar-refractivity contribution in [3.05, 3.63) is 10.6 Å². The van der Waals surface area contributed by atoms with E-state index in [4.69, 9.17) is 9.72 Å². The Morgan fingerprint density at radius 2 is 2.30 bits per heavy atom. The van der Waals surface area contributed by atoms with E-state index in [0.29, 0.717) is 11.8 Å². The minimum absolute atomic E-state index is 0.0925. The molecule has 0 aromatic carbocycles. The molecule has 1 aromatic rings. The first-order valence-corrected chi connectivity index (χ1v) is 8.30. The third kappa shape index (κ3) is 3.15. The van der Waals surface area contributed by atoms with Crippen LogP contribution in [0.4, 0.5) is 5.13 Å². The highest BCUT2D eigenvalue weighted by molar-refractivity contribution is 7.15. The SMILES string of the molecule is CCC(C)c1nc(N2CCC(C)C(OC)C2)sc1CO. The molecule has 1 aliphatic rings. The fourth-order valence-electron chi connectivity index (χ4n) is 2.69. The van der Waals surface area contributed by atoms with Crippen LogP contribution in [0.15, 0.2) is 0 Å². The van der Waals surface area contributed by atoms with Crippen LogP contribution in [0.25, 0.3) is 0 Å². The maximum absolute atomic E-state index is 9.54. The minimum atomic E-state index is 0.0925. The second-order valence-electron chi connectivity index (χ2n) is 5.76. The normalized spacial score (nSPS) is 24.9. The maximum Gasteiger partial charge on any atom is 0.185 e. The quantitative estimate of drug-likeness (QED) is 0.907. The zero-order valence-corrected chi connectivity index (χ0v) is 13.7. The molecule has 1 N–H and O–H groups in total. The lowest BCUT2D eigenvalue weighted by Crippen LogP contribution is -2.43. The predicted molar refractivity (Wildman–Crippen MR) is 83.5 cm³/mol. The number of ether oxygens (including phenoxy) is 1. The summed E-state index contributed by atoms with van der Waals surface area (Å²) in [7, 11) is 1.79. The van der Waals surface area contributed by atoms with Gasteiger partial charge in [0.2, 0.25) is 0 Å². The van der Waals surface area contributed by atoms with Gasteiger partial charge >= 0.3 is 0 Å². The summed E-state index contributed by atoms with van der Waals surface area (Å²) in [6.45, 7) is 8.60. The zero-order chi connectivity index (χ0) is 14.7. The molecule has 5 heteroatoms. The highest BCUT2D eigenvalue weighted by Crippen LogP contribution is 2.34. The number of hydrogen-bond acceptors (Lipinski definition) is 5. The van der Waals surface area contributed by atoms with Crippen LogP contribution in [0.2, 0.25) is 0 Å². The van der Waals surface area contributed by atoms with E-state index in [1.165, 1.54) is 0 Å². The number of aromatic nitrogens is 1. The van der Waals surface area contributed by atoms with E-state index in [0.717, 1.165) is 41.6 Å². The van der Waals surface area contributed by atoms with Crippen molar-refractivity contribution in [3.8, 4) is 0 Å². The Kier molecular flexibility index (Phi) is 5.41. The molecular weight excluding hydrogens is 272 g/mol. The van der Waals surface area contributed by atoms with Gasteiger partial charge in [-0.2, -0.15) is 0 Å². The Balaban J connectivity index is 2.18. The van der Waals surface area contributed by atoms with Gasteiger partial charge in [-0.3, -0.25) is 0 Å². The van der Waals surface area contributed by atoms with E-state index in [1.54, 1.807) is 18.4 Å². The summed E-state index contributed by atoms with van der Waals surface area (Å²) in [5.41, 5.74) is 1.07. The Morgan fingerprint density at radius 3 is 2.90 bits per heavy atom. The van der Waals surface area contributed by atoms with Crippen molar-refractivity contribution in [2.45, 2.75) is 52.2 Å². The van der Waals surface area contributed by atoms with Gasteiger partial charge in [0.15, 0.2) is 5.13 Å². The summed E-state index contributed by atoms with van der Waals surface area (Å²) in [5, 5.41) is 10.6. The summed E-state index contributed by atoms with van der Waals surface area (Å²) in [6.07, 6.45) is 2.45. The standard InChI is InChI=1S/C15H26N2O2S/c1-5-10(2)14-13(9-18)20-15(16-14)17-7-6-11(3)12(8-17)19-4/h10-12,18H,5-9H2,1-4H3. The number of anilines is 1. The molecule has 3 atom stereocenters. The first-order valence-electron chi connectivity index (χ1n) is 7.48. The molecule has 1 aromatic heterocycles. The number of thiazole rings is 1. The summed E-state index contributed by atoms with van der Waals surface area (Å²) < 4.78 is 5.57. The van der Waals surface area contributed by atoms with E-state index in [9.17, 15) is 5.11 Å². The number of rotatable bonds is 5. The van der Waals surface area contributed by atoms with E-state index >= 15 is 0 Å². The summed E-state index contributed by atoms with van der Waals surface area (Å²) >= 11 is 1.63. The van der Waals surface area contributed by atoms with Crippen molar-refractivity contribution in [2.24, 2.45) is 5.92 Å². The molecule has 0 spiro atoms. The second-order valence-corrected chi connectivity index (χ2v) is 6.82. The average molecular weight is 298 g/mol. The summed E-state index contributed by atoms with van der Waals surface area (Å²) in [6, 6.07) is 0. The lowest BCUT2D eigenvalue weighted by atomic mass is 9.96. The molecular formula is C15H26N2O2S. The van der Waals surface area contributed by atoms with Gasteiger partial charge in [0.05, 0.1) is 23.3 Å². The Labute approximate surface area is 125 Å². The molecule has 3 unspecified atom stereocenters. The van der Waals surface area contributed by atoms with Crippen LogP contribution in [0.1, 0.15) is 50.1 Å². The van der Waals surface area contributed by atoms with Crippen molar-refractivity contribution < 1.29 is 9.84 Å². The van der Waals surface area contributed by atoms with Gasteiger partial charge < -0.3 is 14.7 Å². The van der Waals surface area contributed by atoms with Crippen molar-refractivity contribution >= 4 is 16.5 Å². The monoisotopic (exact) mass is 298 g/mol. The number of piperidine rings is 1. The third-order valence-corrected chi connectivity index (χ3v) is 5.52. The van der Waals surface area contributed by atoms with E-state index < -0.39 is 0 Å². The molecule has 20 heavy (non-hydrogen) atoms. The highest BCUT2D eigenvalue weighted by atomic mass is 32.1. The minimum Gasteiger partial charge on any atom is -0.391 e. The van der Waals surface area contributed by atoms with Crippen LogP contribution in [-0.2, 0) is 11.3 Å². The lowest BCUT2D eigenvalue weighted by Gasteiger charge is -2.36. The Morgan fingerprint density at radius 1 is 1.55 bits per heavy atom. The Bertz CT molecular complexity index is 436. The lowest BCUT2D eigenvalue weighted by molar-refractivity contribution is 0.0498. The maximum atomic E-state index is 9.54. The topological polar surface area (TPSA) is 45.6 Å². The molecule has 1 fully saturated rings. The van der Waals surface area contributed by atoms with Crippen molar-refractivity contribution in [3.63, 3.8) is 0 Å². The van der Waals surface area contributed by atoms with Crippen LogP contribution in [0, 0.1) is 5.92 Å². The van der Waals surface area contributed by atoms with E-state index in [2.05, 4.69) is 25.7 Å². The number of methoxy groups -OCH3 is 1. The number of aliphatic hydroxyl groups excluding tert-OH is 1. The molecule has 0 saturated carbocycles. The predicted octanol–water partition coefficient (Wildman–Crippen LogP) is 3.01. The van der Waals surface area contributed by atoms with Crippen molar-refractivity contribution in [1.82, 2.24) is 4.98 Å². The van der Waals surface area contributed by atoms with Gasteiger partial charge in [-0.25, -0.2) is 4.98 Å². The fourth-order valence-corrected chi connectivity index (χ4v) is 3.77. The van der Waals surface area contributed by atoms with Gasteiger partial charge in [0.1, 0.15) is 0 Å². The first kappa shape index (κ1) is 15.7. The molecule has 0 aliphatic carbocycles. The van der Waals surface area contributed by atoms with Gasteiger partial charge in [0, 0.05) is 20.2 Å². The van der Waals surface area contributed by atoms with Gasteiger partial charge in [0.25, 0.3) is 0 Å². The van der Waals surface area contributed by atoms with Crippen LogP contribution < -0.4 is 4.90 Å². The van der Waals surface area contributed by atoms with E-state index in [1.807, 2.05) is 0 Å². The van der Waals surface area contributed by atoms with Gasteiger partial charge in [-0.05, 0) is 24.7 Å². The highest BCUT2D eigenvalue weighted by Gasteiger charge is 2.28. The summed E-state index contributed by atoms with van der Waals surface area (Å²) in [5.74, 6) is 1.01. The van der Waals surface area contributed by atoms with Crippen LogP contribution in [0.5, 0.6) is 0 Å². The van der Waals surface area contributed by atoms with Gasteiger partial charge in [-0.15, -0.1) is 0 Å². The first-order chi connectivity index (χ1) is 9.60. The summed E-state index contributed by atoms with van der Waals surface area (Å²) in [4.78, 5) is 8.12. The molecule has 4 nitrogen and oxygen atoms in total. The molecule has 2 rings (SSSR count). The zero-order valence-electron chi connectivity index (χ0n) is 12.9. The third-order valence-electron chi connectivity index (χ3n) is 4.40. The molecule has 2 heterocycles. The largest absolute Gasteiger partial charge is 0.391 e. The molecule has 114 valence electrons. The number of aliphatic hydroxyl groups is 1. The Hall–Kier alpha value is -0.650. The van der Waals surface area contributed by atoms with Crippen molar-refractivity contribution in [2.75, 3.05) is 25.1 Å². The number of hydrogen-bond donors (Lipinski definition) is 1. The molecule has 1 saturated heterocycles. The average Bonchev–Trinajstić information content (AvgIpc) is 2.91. The van der Waals surface area contributed by atoms with Crippen molar-refractivity contribution in [1.29, 1.82) is 0 Å². The van der Waals surface area contributed by atoms with Crippen LogP contribution >= 0.6 is 11.3 Å². The second kappa shape index (κ2) is 6.87. The van der Waals surface area contributed by atoms with E-state index in [-0.39, 0.29) is 12.7 Å². The molecule has 0 radical (unpaired) electrons. The van der Waals surface area contributed by atoms with Gasteiger partial charge in [-0.1, -0.05) is 32.1 Å².